The van der Waals surface area contributed by atoms with Crippen molar-refractivity contribution >= 4 is 17.3 Å². The zero-order chi connectivity index (χ0) is 13.2. The van der Waals surface area contributed by atoms with Crippen molar-refractivity contribution in [3.05, 3.63) is 23.8 Å². The van der Waals surface area contributed by atoms with Crippen LogP contribution < -0.4 is 16.8 Å². The number of primary amides is 1. The van der Waals surface area contributed by atoms with E-state index in [2.05, 4.69) is 33.0 Å². The summed E-state index contributed by atoms with van der Waals surface area (Å²) in [4.78, 5) is 11.1. The first-order valence-electron chi connectivity index (χ1n) is 5.67. The molecule has 4 heteroatoms. The number of carbonyl (C=O) groups is 1. The van der Waals surface area contributed by atoms with Crippen molar-refractivity contribution in [3.8, 4) is 0 Å². The molecule has 0 aliphatic rings. The van der Waals surface area contributed by atoms with Gasteiger partial charge in [-0.05, 0) is 30.5 Å². The Morgan fingerprint density at radius 3 is 2.41 bits per heavy atom. The van der Waals surface area contributed by atoms with E-state index in [4.69, 9.17) is 11.5 Å². The highest BCUT2D eigenvalue weighted by Crippen LogP contribution is 2.26. The number of hydrogen-bond acceptors (Lipinski definition) is 3. The van der Waals surface area contributed by atoms with Crippen LogP contribution in [-0.4, -0.2) is 11.9 Å². The number of nitrogens with one attached hydrogen (secondary N) is 1. The van der Waals surface area contributed by atoms with Gasteiger partial charge in [-0.3, -0.25) is 4.79 Å². The smallest absolute Gasteiger partial charge is 0.248 e. The number of hydrogen-bond donors (Lipinski definition) is 3. The van der Waals surface area contributed by atoms with Gasteiger partial charge in [0, 0.05) is 11.6 Å². The van der Waals surface area contributed by atoms with Gasteiger partial charge in [-0.25, -0.2) is 0 Å². The van der Waals surface area contributed by atoms with E-state index in [1.165, 1.54) is 0 Å². The second-order valence-corrected chi connectivity index (χ2v) is 5.40. The summed E-state index contributed by atoms with van der Waals surface area (Å²) < 4.78 is 0. The molecule has 17 heavy (non-hydrogen) atoms. The summed E-state index contributed by atoms with van der Waals surface area (Å²) in [6.07, 6.45) is 0. The zero-order valence-corrected chi connectivity index (χ0v) is 10.9. The highest BCUT2D eigenvalue weighted by Gasteiger charge is 2.20. The molecule has 0 saturated heterocycles. The molecule has 94 valence electrons. The van der Waals surface area contributed by atoms with Crippen LogP contribution in [0.25, 0.3) is 0 Å². The molecule has 1 rings (SSSR count). The topological polar surface area (TPSA) is 81.1 Å². The number of rotatable bonds is 3. The SMILES string of the molecule is CC(Nc1cc(C(N)=O)ccc1N)C(C)(C)C. The maximum atomic E-state index is 11.1. The third-order valence-electron chi connectivity index (χ3n) is 3.01. The van der Waals surface area contributed by atoms with Crippen LogP contribution in [0.2, 0.25) is 0 Å². The van der Waals surface area contributed by atoms with E-state index >= 15 is 0 Å². The lowest BCUT2D eigenvalue weighted by molar-refractivity contribution is 0.100. The fourth-order valence-corrected chi connectivity index (χ4v) is 1.28. The average Bonchev–Trinajstić information content (AvgIpc) is 2.19. The van der Waals surface area contributed by atoms with E-state index in [1.54, 1.807) is 18.2 Å². The van der Waals surface area contributed by atoms with Gasteiger partial charge in [0.05, 0.1) is 11.4 Å². The standard InChI is InChI=1S/C13H21N3O/c1-8(13(2,3)4)16-11-7-9(12(15)17)5-6-10(11)14/h5-8,16H,14H2,1-4H3,(H2,15,17). The van der Waals surface area contributed by atoms with Crippen LogP contribution in [0, 0.1) is 5.41 Å². The number of carbonyl (C=O) groups excluding carboxylic acids is 1. The predicted molar refractivity (Wildman–Crippen MR) is 71.9 cm³/mol. The Hall–Kier alpha value is -1.71. The largest absolute Gasteiger partial charge is 0.397 e. The minimum absolute atomic E-state index is 0.106. The lowest BCUT2D eigenvalue weighted by atomic mass is 9.88. The summed E-state index contributed by atoms with van der Waals surface area (Å²) in [5, 5.41) is 3.31. The second kappa shape index (κ2) is 4.65. The molecule has 1 aromatic rings. The number of amides is 1. The fourth-order valence-electron chi connectivity index (χ4n) is 1.28. The van der Waals surface area contributed by atoms with E-state index < -0.39 is 5.91 Å². The third-order valence-corrected chi connectivity index (χ3v) is 3.01. The maximum absolute atomic E-state index is 11.1. The number of nitrogens with two attached hydrogens (primary N) is 2. The summed E-state index contributed by atoms with van der Waals surface area (Å²) in [7, 11) is 0. The normalized spacial score (nSPS) is 13.2. The van der Waals surface area contributed by atoms with Crippen LogP contribution in [-0.2, 0) is 0 Å². The maximum Gasteiger partial charge on any atom is 0.248 e. The van der Waals surface area contributed by atoms with Gasteiger partial charge >= 0.3 is 0 Å². The van der Waals surface area contributed by atoms with Gasteiger partial charge in [-0.15, -0.1) is 0 Å². The third kappa shape index (κ3) is 3.37. The minimum Gasteiger partial charge on any atom is -0.397 e. The van der Waals surface area contributed by atoms with Crippen LogP contribution in [0.3, 0.4) is 0 Å². The molecular formula is C13H21N3O. The molecule has 0 saturated carbocycles. The zero-order valence-electron chi connectivity index (χ0n) is 10.9. The van der Waals surface area contributed by atoms with Crippen LogP contribution in [0.1, 0.15) is 38.1 Å². The first kappa shape index (κ1) is 13.4. The van der Waals surface area contributed by atoms with E-state index in [1.807, 2.05) is 0 Å². The molecule has 0 fully saturated rings. The Balaban J connectivity index is 2.98. The van der Waals surface area contributed by atoms with Crippen LogP contribution in [0.4, 0.5) is 11.4 Å². The molecule has 1 atom stereocenters. The Bertz CT molecular complexity index is 421. The molecule has 0 aromatic heterocycles. The van der Waals surface area contributed by atoms with Crippen molar-refractivity contribution in [2.24, 2.45) is 11.1 Å². The quantitative estimate of drug-likeness (QED) is 0.703. The Morgan fingerprint density at radius 2 is 1.94 bits per heavy atom. The fraction of sp³-hybridized carbons (Fsp3) is 0.462. The monoisotopic (exact) mass is 235 g/mol. The van der Waals surface area contributed by atoms with Crippen LogP contribution in [0.15, 0.2) is 18.2 Å². The van der Waals surface area contributed by atoms with E-state index in [9.17, 15) is 4.79 Å². The molecule has 5 N–H and O–H groups in total. The minimum atomic E-state index is -0.448. The van der Waals surface area contributed by atoms with Gasteiger partial charge in [-0.2, -0.15) is 0 Å². The number of anilines is 2. The van der Waals surface area contributed by atoms with Gasteiger partial charge in [0.25, 0.3) is 0 Å². The number of benzene rings is 1. The van der Waals surface area contributed by atoms with Gasteiger partial charge in [0.15, 0.2) is 0 Å². The first-order chi connectivity index (χ1) is 7.71. The molecule has 0 bridgehead atoms. The van der Waals surface area contributed by atoms with Crippen LogP contribution >= 0.6 is 0 Å². The Kier molecular flexibility index (Phi) is 3.66. The molecule has 0 aliphatic carbocycles. The van der Waals surface area contributed by atoms with E-state index in [0.29, 0.717) is 11.3 Å². The highest BCUT2D eigenvalue weighted by atomic mass is 16.1. The van der Waals surface area contributed by atoms with Crippen molar-refractivity contribution in [3.63, 3.8) is 0 Å². The summed E-state index contributed by atoms with van der Waals surface area (Å²) >= 11 is 0. The molecular weight excluding hydrogens is 214 g/mol. The Morgan fingerprint density at radius 1 is 1.35 bits per heavy atom. The van der Waals surface area contributed by atoms with Crippen LogP contribution in [0.5, 0.6) is 0 Å². The lowest BCUT2D eigenvalue weighted by Gasteiger charge is -2.29. The molecule has 1 amide bonds. The summed E-state index contributed by atoms with van der Waals surface area (Å²) in [6.45, 7) is 8.49. The first-order valence-corrected chi connectivity index (χ1v) is 5.67. The molecule has 0 heterocycles. The Labute approximate surface area is 102 Å². The van der Waals surface area contributed by atoms with Crippen molar-refractivity contribution in [1.29, 1.82) is 0 Å². The molecule has 0 spiro atoms. The molecule has 1 aromatic carbocycles. The molecule has 0 aliphatic heterocycles. The van der Waals surface area contributed by atoms with Crippen molar-refractivity contribution in [2.45, 2.75) is 33.7 Å². The average molecular weight is 235 g/mol. The van der Waals surface area contributed by atoms with Gasteiger partial charge in [0.1, 0.15) is 0 Å². The summed E-state index contributed by atoms with van der Waals surface area (Å²) in [5.41, 5.74) is 13.0. The highest BCUT2D eigenvalue weighted by molar-refractivity contribution is 5.94. The molecule has 1 unspecified atom stereocenters. The van der Waals surface area contributed by atoms with Crippen molar-refractivity contribution < 1.29 is 4.79 Å². The van der Waals surface area contributed by atoms with Crippen molar-refractivity contribution in [2.75, 3.05) is 11.1 Å². The predicted octanol–water partition coefficient (Wildman–Crippen LogP) is 2.21. The van der Waals surface area contributed by atoms with E-state index in [-0.39, 0.29) is 11.5 Å². The van der Waals surface area contributed by atoms with Gasteiger partial charge < -0.3 is 16.8 Å². The van der Waals surface area contributed by atoms with Gasteiger partial charge in [0.2, 0.25) is 5.91 Å². The van der Waals surface area contributed by atoms with E-state index in [0.717, 1.165) is 5.69 Å². The second-order valence-electron chi connectivity index (χ2n) is 5.40. The molecule has 0 radical (unpaired) electrons. The summed E-state index contributed by atoms with van der Waals surface area (Å²) in [6, 6.07) is 5.25. The number of nitrogen functional groups attached to an aromatic ring is 1. The van der Waals surface area contributed by atoms with Gasteiger partial charge in [-0.1, -0.05) is 20.8 Å². The lowest BCUT2D eigenvalue weighted by Crippen LogP contribution is -2.31. The molecule has 4 nitrogen and oxygen atoms in total. The van der Waals surface area contributed by atoms with Crippen molar-refractivity contribution in [1.82, 2.24) is 0 Å². The summed E-state index contributed by atoms with van der Waals surface area (Å²) in [5.74, 6) is -0.448.